The molecule has 1 amide bonds. The predicted molar refractivity (Wildman–Crippen MR) is 113 cm³/mol. The quantitative estimate of drug-likeness (QED) is 0.602. The molecule has 0 unspecified atom stereocenters. The normalized spacial score (nSPS) is 10.7. The van der Waals surface area contributed by atoms with Gasteiger partial charge in [0.1, 0.15) is 5.75 Å². The molecule has 0 saturated carbocycles. The standard InChI is InChI=1S/C21H24N4O2S/c1-5-25-20(16-9-11-17(27-4)12-10-16)23-24-21(25)28-13-19(26)22-18-8-6-7-14(2)15(18)3/h6-12H,5,13H2,1-4H3,(H,22,26). The van der Waals surface area contributed by atoms with Crippen molar-refractivity contribution in [3.05, 3.63) is 53.6 Å². The largest absolute Gasteiger partial charge is 0.497 e. The third-order valence-electron chi connectivity index (χ3n) is 4.59. The summed E-state index contributed by atoms with van der Waals surface area (Å²) in [4.78, 5) is 12.4. The SMILES string of the molecule is CCn1c(SCC(=O)Nc2cccc(C)c2C)nnc1-c1ccc(OC)cc1. The van der Waals surface area contributed by atoms with E-state index in [4.69, 9.17) is 4.74 Å². The van der Waals surface area contributed by atoms with Crippen LogP contribution in [0.4, 0.5) is 5.69 Å². The first-order valence-corrected chi connectivity index (χ1v) is 10.1. The molecule has 0 spiro atoms. The molecular formula is C21H24N4O2S. The van der Waals surface area contributed by atoms with Crippen molar-refractivity contribution >= 4 is 23.4 Å². The van der Waals surface area contributed by atoms with Gasteiger partial charge in [0.25, 0.3) is 0 Å². The molecule has 1 heterocycles. The predicted octanol–water partition coefficient (Wildman–Crippen LogP) is 4.32. The molecule has 1 N–H and O–H groups in total. The Bertz CT molecular complexity index is 967. The lowest BCUT2D eigenvalue weighted by atomic mass is 10.1. The molecule has 0 saturated heterocycles. The number of methoxy groups -OCH3 is 1. The van der Waals surface area contributed by atoms with Gasteiger partial charge in [-0.25, -0.2) is 0 Å². The van der Waals surface area contributed by atoms with Gasteiger partial charge in [0.2, 0.25) is 5.91 Å². The van der Waals surface area contributed by atoms with Gasteiger partial charge in [-0.3, -0.25) is 4.79 Å². The Balaban J connectivity index is 1.69. The number of carbonyl (C=O) groups is 1. The molecule has 0 bridgehead atoms. The Hall–Kier alpha value is -2.80. The van der Waals surface area contributed by atoms with E-state index >= 15 is 0 Å². The van der Waals surface area contributed by atoms with Crippen molar-refractivity contribution in [1.29, 1.82) is 0 Å². The van der Waals surface area contributed by atoms with Crippen LogP contribution < -0.4 is 10.1 Å². The minimum atomic E-state index is -0.0599. The van der Waals surface area contributed by atoms with Crippen LogP contribution >= 0.6 is 11.8 Å². The van der Waals surface area contributed by atoms with E-state index in [1.54, 1.807) is 7.11 Å². The van der Waals surface area contributed by atoms with E-state index in [1.807, 2.05) is 67.8 Å². The minimum Gasteiger partial charge on any atom is -0.497 e. The number of hydrogen-bond donors (Lipinski definition) is 1. The zero-order valence-corrected chi connectivity index (χ0v) is 17.3. The lowest BCUT2D eigenvalue weighted by molar-refractivity contribution is -0.113. The van der Waals surface area contributed by atoms with Crippen LogP contribution in [0.3, 0.4) is 0 Å². The molecule has 0 fully saturated rings. The summed E-state index contributed by atoms with van der Waals surface area (Å²) in [6.45, 7) is 6.79. The van der Waals surface area contributed by atoms with Gasteiger partial charge in [-0.2, -0.15) is 0 Å². The van der Waals surface area contributed by atoms with Crippen molar-refractivity contribution in [1.82, 2.24) is 14.8 Å². The second-order valence-electron chi connectivity index (χ2n) is 6.36. The smallest absolute Gasteiger partial charge is 0.234 e. The molecular weight excluding hydrogens is 372 g/mol. The first-order valence-electron chi connectivity index (χ1n) is 9.10. The summed E-state index contributed by atoms with van der Waals surface area (Å²) in [5.74, 6) is 1.79. The highest BCUT2D eigenvalue weighted by atomic mass is 32.2. The summed E-state index contributed by atoms with van der Waals surface area (Å²) in [6, 6.07) is 13.6. The molecule has 3 aromatic rings. The topological polar surface area (TPSA) is 69.0 Å². The van der Waals surface area contributed by atoms with Gasteiger partial charge < -0.3 is 14.6 Å². The molecule has 2 aromatic carbocycles. The van der Waals surface area contributed by atoms with Crippen LogP contribution in [0.1, 0.15) is 18.1 Å². The molecule has 28 heavy (non-hydrogen) atoms. The Morgan fingerprint density at radius 3 is 2.57 bits per heavy atom. The van der Waals surface area contributed by atoms with Crippen molar-refractivity contribution in [2.45, 2.75) is 32.5 Å². The number of ether oxygens (including phenoxy) is 1. The van der Waals surface area contributed by atoms with Gasteiger partial charge in [0.05, 0.1) is 12.9 Å². The third-order valence-corrected chi connectivity index (χ3v) is 5.56. The van der Waals surface area contributed by atoms with Crippen molar-refractivity contribution in [3.63, 3.8) is 0 Å². The number of amides is 1. The van der Waals surface area contributed by atoms with E-state index in [-0.39, 0.29) is 11.7 Å². The van der Waals surface area contributed by atoms with E-state index in [9.17, 15) is 4.79 Å². The van der Waals surface area contributed by atoms with Crippen molar-refractivity contribution in [2.75, 3.05) is 18.2 Å². The van der Waals surface area contributed by atoms with E-state index in [1.165, 1.54) is 11.8 Å². The summed E-state index contributed by atoms with van der Waals surface area (Å²) < 4.78 is 7.22. The lowest BCUT2D eigenvalue weighted by Crippen LogP contribution is -2.15. The fourth-order valence-corrected chi connectivity index (χ4v) is 3.64. The molecule has 7 heteroatoms. The second-order valence-corrected chi connectivity index (χ2v) is 7.31. The van der Waals surface area contributed by atoms with E-state index in [2.05, 4.69) is 15.5 Å². The fraction of sp³-hybridized carbons (Fsp3) is 0.286. The van der Waals surface area contributed by atoms with E-state index < -0.39 is 0 Å². The molecule has 146 valence electrons. The first kappa shape index (κ1) is 19.9. The van der Waals surface area contributed by atoms with Gasteiger partial charge >= 0.3 is 0 Å². The van der Waals surface area contributed by atoms with Crippen molar-refractivity contribution in [3.8, 4) is 17.1 Å². The number of carbonyl (C=O) groups excluding carboxylic acids is 1. The maximum atomic E-state index is 12.4. The molecule has 0 atom stereocenters. The van der Waals surface area contributed by atoms with Crippen LogP contribution in [0.5, 0.6) is 5.75 Å². The molecule has 6 nitrogen and oxygen atoms in total. The number of rotatable bonds is 7. The second kappa shape index (κ2) is 8.93. The number of aromatic nitrogens is 3. The van der Waals surface area contributed by atoms with Crippen molar-refractivity contribution in [2.24, 2.45) is 0 Å². The number of nitrogens with one attached hydrogen (secondary N) is 1. The summed E-state index contributed by atoms with van der Waals surface area (Å²) in [5, 5.41) is 12.3. The summed E-state index contributed by atoms with van der Waals surface area (Å²) in [7, 11) is 1.64. The Kier molecular flexibility index (Phi) is 6.36. The monoisotopic (exact) mass is 396 g/mol. The van der Waals surface area contributed by atoms with Gasteiger partial charge in [0, 0.05) is 17.8 Å². The van der Waals surface area contributed by atoms with Crippen LogP contribution in [-0.4, -0.2) is 33.5 Å². The summed E-state index contributed by atoms with van der Waals surface area (Å²) in [5.41, 5.74) is 4.04. The van der Waals surface area contributed by atoms with Crippen LogP contribution in [-0.2, 0) is 11.3 Å². The number of anilines is 1. The maximum absolute atomic E-state index is 12.4. The molecule has 0 aliphatic heterocycles. The number of thioether (sulfide) groups is 1. The Labute approximate surface area is 169 Å². The van der Waals surface area contributed by atoms with Crippen LogP contribution in [0, 0.1) is 13.8 Å². The summed E-state index contributed by atoms with van der Waals surface area (Å²) in [6.07, 6.45) is 0. The minimum absolute atomic E-state index is 0.0599. The zero-order chi connectivity index (χ0) is 20.1. The fourth-order valence-electron chi connectivity index (χ4n) is 2.84. The van der Waals surface area contributed by atoms with Crippen molar-refractivity contribution < 1.29 is 9.53 Å². The van der Waals surface area contributed by atoms with Crippen LogP contribution in [0.25, 0.3) is 11.4 Å². The molecule has 1 aromatic heterocycles. The maximum Gasteiger partial charge on any atom is 0.234 e. The molecule has 3 rings (SSSR count). The van der Waals surface area contributed by atoms with Gasteiger partial charge in [-0.05, 0) is 62.2 Å². The highest BCUT2D eigenvalue weighted by Crippen LogP contribution is 2.26. The zero-order valence-electron chi connectivity index (χ0n) is 16.5. The summed E-state index contributed by atoms with van der Waals surface area (Å²) >= 11 is 1.38. The molecule has 0 aliphatic rings. The van der Waals surface area contributed by atoms with Crippen LogP contribution in [0.2, 0.25) is 0 Å². The van der Waals surface area contributed by atoms with Gasteiger partial charge in [-0.1, -0.05) is 23.9 Å². The third kappa shape index (κ3) is 4.36. The lowest BCUT2D eigenvalue weighted by Gasteiger charge is -2.10. The highest BCUT2D eigenvalue weighted by molar-refractivity contribution is 7.99. The molecule has 0 aliphatic carbocycles. The van der Waals surface area contributed by atoms with Crippen LogP contribution in [0.15, 0.2) is 47.6 Å². The average Bonchev–Trinajstić information content (AvgIpc) is 3.13. The van der Waals surface area contributed by atoms with E-state index in [0.717, 1.165) is 45.7 Å². The van der Waals surface area contributed by atoms with Gasteiger partial charge in [0.15, 0.2) is 11.0 Å². The number of nitrogens with zero attached hydrogens (tertiary/aromatic N) is 3. The Morgan fingerprint density at radius 2 is 1.89 bits per heavy atom. The molecule has 0 radical (unpaired) electrons. The number of aryl methyl sites for hydroxylation is 1. The first-order chi connectivity index (χ1) is 13.5. The number of hydrogen-bond acceptors (Lipinski definition) is 5. The van der Waals surface area contributed by atoms with Gasteiger partial charge in [-0.15, -0.1) is 10.2 Å². The Morgan fingerprint density at radius 1 is 1.14 bits per heavy atom. The van der Waals surface area contributed by atoms with E-state index in [0.29, 0.717) is 0 Å². The average molecular weight is 397 g/mol. The highest BCUT2D eigenvalue weighted by Gasteiger charge is 2.15. The number of benzene rings is 2.